The third kappa shape index (κ3) is 1.80. The summed E-state index contributed by atoms with van der Waals surface area (Å²) in [7, 11) is 0. The standard InChI is InChI=1S/C16H16N4O2/c21-14-16(6-9-17-10-7-16)19-15(22)20(14)13-5-1-4-12-11(13)3-2-8-18-12/h1-5,8,17H,6-7,9-10H2,(H,19,22). The number of hydrogen-bond donors (Lipinski definition) is 2. The zero-order valence-corrected chi connectivity index (χ0v) is 12.0. The summed E-state index contributed by atoms with van der Waals surface area (Å²) in [6.45, 7) is 1.47. The largest absolute Gasteiger partial charge is 0.329 e. The molecule has 0 radical (unpaired) electrons. The average molecular weight is 296 g/mol. The van der Waals surface area contributed by atoms with Crippen LogP contribution in [0, 0.1) is 0 Å². The third-order valence-corrected chi connectivity index (χ3v) is 4.48. The molecule has 6 nitrogen and oxygen atoms in total. The molecule has 2 fully saturated rings. The minimum Gasteiger partial charge on any atom is -0.323 e. The van der Waals surface area contributed by atoms with Gasteiger partial charge in [-0.05, 0) is 50.2 Å². The molecular formula is C16H16N4O2. The number of carbonyl (C=O) groups excluding carboxylic acids is 2. The average Bonchev–Trinajstić information content (AvgIpc) is 2.78. The number of anilines is 1. The topological polar surface area (TPSA) is 74.3 Å². The van der Waals surface area contributed by atoms with Gasteiger partial charge in [-0.1, -0.05) is 6.07 Å². The zero-order valence-electron chi connectivity index (χ0n) is 12.0. The van der Waals surface area contributed by atoms with Crippen LogP contribution >= 0.6 is 0 Å². The van der Waals surface area contributed by atoms with E-state index in [2.05, 4.69) is 15.6 Å². The first-order valence-electron chi connectivity index (χ1n) is 7.42. The molecule has 0 unspecified atom stereocenters. The lowest BCUT2D eigenvalue weighted by molar-refractivity contribution is -0.122. The number of nitrogens with zero attached hydrogens (tertiary/aromatic N) is 2. The van der Waals surface area contributed by atoms with E-state index in [1.807, 2.05) is 24.3 Å². The van der Waals surface area contributed by atoms with Gasteiger partial charge in [0.05, 0.1) is 11.2 Å². The normalized spacial score (nSPS) is 20.6. The highest BCUT2D eigenvalue weighted by atomic mass is 16.2. The van der Waals surface area contributed by atoms with Crippen LogP contribution in [-0.2, 0) is 4.79 Å². The van der Waals surface area contributed by atoms with E-state index < -0.39 is 5.54 Å². The van der Waals surface area contributed by atoms with Crippen LogP contribution < -0.4 is 15.5 Å². The summed E-state index contributed by atoms with van der Waals surface area (Å²) in [5.41, 5.74) is 0.613. The maximum atomic E-state index is 12.9. The van der Waals surface area contributed by atoms with E-state index in [1.165, 1.54) is 4.90 Å². The quantitative estimate of drug-likeness (QED) is 0.780. The van der Waals surface area contributed by atoms with Crippen LogP contribution in [0.2, 0.25) is 0 Å². The van der Waals surface area contributed by atoms with Gasteiger partial charge in [-0.2, -0.15) is 0 Å². The van der Waals surface area contributed by atoms with Gasteiger partial charge < -0.3 is 10.6 Å². The molecule has 1 aromatic heterocycles. The fourth-order valence-corrected chi connectivity index (χ4v) is 3.31. The molecule has 0 aliphatic carbocycles. The molecule has 6 heteroatoms. The second-order valence-corrected chi connectivity index (χ2v) is 5.75. The molecule has 3 amide bonds. The highest BCUT2D eigenvalue weighted by Crippen LogP contribution is 2.34. The number of hydrogen-bond acceptors (Lipinski definition) is 4. The zero-order chi connectivity index (χ0) is 15.2. The van der Waals surface area contributed by atoms with Crippen molar-refractivity contribution in [2.45, 2.75) is 18.4 Å². The number of pyridine rings is 1. The van der Waals surface area contributed by atoms with E-state index >= 15 is 0 Å². The van der Waals surface area contributed by atoms with Crippen molar-refractivity contribution < 1.29 is 9.59 Å². The maximum absolute atomic E-state index is 12.9. The van der Waals surface area contributed by atoms with Crippen LogP contribution in [-0.4, -0.2) is 35.6 Å². The Balaban J connectivity index is 1.81. The number of imide groups is 1. The second-order valence-electron chi connectivity index (χ2n) is 5.75. The van der Waals surface area contributed by atoms with E-state index in [0.29, 0.717) is 18.5 Å². The Morgan fingerprint density at radius 1 is 1.09 bits per heavy atom. The molecule has 2 N–H and O–H groups in total. The van der Waals surface area contributed by atoms with Crippen LogP contribution in [0.4, 0.5) is 10.5 Å². The van der Waals surface area contributed by atoms with Crippen molar-refractivity contribution in [2.75, 3.05) is 18.0 Å². The monoisotopic (exact) mass is 296 g/mol. The minimum atomic E-state index is -0.757. The SMILES string of the molecule is O=C1NC2(CCNCC2)C(=O)N1c1cccc2ncccc12. The number of urea groups is 1. The van der Waals surface area contributed by atoms with Crippen LogP contribution in [0.15, 0.2) is 36.5 Å². The summed E-state index contributed by atoms with van der Waals surface area (Å²) in [4.78, 5) is 30.9. The molecule has 1 aromatic carbocycles. The van der Waals surface area contributed by atoms with Crippen molar-refractivity contribution in [3.63, 3.8) is 0 Å². The number of carbonyl (C=O) groups is 2. The van der Waals surface area contributed by atoms with Crippen LogP contribution in [0.25, 0.3) is 10.9 Å². The maximum Gasteiger partial charge on any atom is 0.329 e. The van der Waals surface area contributed by atoms with Gasteiger partial charge in [0.2, 0.25) is 0 Å². The number of amides is 3. The Labute approximate surface area is 127 Å². The van der Waals surface area contributed by atoms with Gasteiger partial charge >= 0.3 is 6.03 Å². The fraction of sp³-hybridized carbons (Fsp3) is 0.312. The van der Waals surface area contributed by atoms with E-state index in [-0.39, 0.29) is 11.9 Å². The molecule has 4 rings (SSSR count). The van der Waals surface area contributed by atoms with Crippen LogP contribution in [0.1, 0.15) is 12.8 Å². The number of piperidine rings is 1. The van der Waals surface area contributed by atoms with Crippen molar-refractivity contribution in [2.24, 2.45) is 0 Å². The van der Waals surface area contributed by atoms with Gasteiger partial charge in [0, 0.05) is 11.6 Å². The molecule has 2 saturated heterocycles. The summed E-state index contributed by atoms with van der Waals surface area (Å²) in [5, 5.41) is 6.94. The number of fused-ring (bicyclic) bond motifs is 1. The lowest BCUT2D eigenvalue weighted by Gasteiger charge is -2.31. The lowest BCUT2D eigenvalue weighted by atomic mass is 9.88. The van der Waals surface area contributed by atoms with Crippen molar-refractivity contribution in [3.8, 4) is 0 Å². The van der Waals surface area contributed by atoms with Gasteiger partial charge in [0.25, 0.3) is 5.91 Å². The van der Waals surface area contributed by atoms with E-state index in [9.17, 15) is 9.59 Å². The summed E-state index contributed by atoms with van der Waals surface area (Å²) in [6.07, 6.45) is 2.94. The van der Waals surface area contributed by atoms with Crippen molar-refractivity contribution in [1.82, 2.24) is 15.6 Å². The lowest BCUT2D eigenvalue weighted by Crippen LogP contribution is -2.53. The van der Waals surface area contributed by atoms with Crippen molar-refractivity contribution in [1.29, 1.82) is 0 Å². The second kappa shape index (κ2) is 4.78. The molecule has 0 bridgehead atoms. The molecule has 2 aliphatic heterocycles. The van der Waals surface area contributed by atoms with Crippen LogP contribution in [0.3, 0.4) is 0 Å². The molecule has 0 saturated carbocycles. The summed E-state index contributed by atoms with van der Waals surface area (Å²) >= 11 is 0. The Hall–Kier alpha value is -2.47. The van der Waals surface area contributed by atoms with Gasteiger partial charge in [-0.15, -0.1) is 0 Å². The Kier molecular flexibility index (Phi) is 2.87. The fourth-order valence-electron chi connectivity index (χ4n) is 3.31. The van der Waals surface area contributed by atoms with Gasteiger partial charge in [-0.3, -0.25) is 9.78 Å². The first-order chi connectivity index (χ1) is 10.7. The highest BCUT2D eigenvalue weighted by Gasteiger charge is 2.52. The third-order valence-electron chi connectivity index (χ3n) is 4.48. The smallest absolute Gasteiger partial charge is 0.323 e. The molecule has 2 aromatic rings. The molecule has 3 heterocycles. The first kappa shape index (κ1) is 13.2. The number of benzene rings is 1. The number of nitrogens with one attached hydrogen (secondary N) is 2. The van der Waals surface area contributed by atoms with Gasteiger partial charge in [0.1, 0.15) is 5.54 Å². The van der Waals surface area contributed by atoms with Crippen LogP contribution in [0.5, 0.6) is 0 Å². The Morgan fingerprint density at radius 2 is 1.91 bits per heavy atom. The molecule has 22 heavy (non-hydrogen) atoms. The van der Waals surface area contributed by atoms with E-state index in [1.54, 1.807) is 12.3 Å². The first-order valence-corrected chi connectivity index (χ1v) is 7.42. The number of aromatic nitrogens is 1. The summed E-state index contributed by atoms with van der Waals surface area (Å²) in [6, 6.07) is 8.83. The van der Waals surface area contributed by atoms with Gasteiger partial charge in [0.15, 0.2) is 0 Å². The van der Waals surface area contributed by atoms with Crippen molar-refractivity contribution >= 4 is 28.5 Å². The van der Waals surface area contributed by atoms with Crippen molar-refractivity contribution in [3.05, 3.63) is 36.5 Å². The molecule has 0 atom stereocenters. The molecule has 1 spiro atoms. The van der Waals surface area contributed by atoms with E-state index in [0.717, 1.165) is 24.0 Å². The van der Waals surface area contributed by atoms with E-state index in [4.69, 9.17) is 0 Å². The minimum absolute atomic E-state index is 0.157. The summed E-state index contributed by atoms with van der Waals surface area (Å²) < 4.78 is 0. The molecule has 2 aliphatic rings. The molecule has 112 valence electrons. The Morgan fingerprint density at radius 3 is 2.73 bits per heavy atom. The summed E-state index contributed by atoms with van der Waals surface area (Å²) in [5.74, 6) is -0.157. The predicted octanol–water partition coefficient (Wildman–Crippen LogP) is 1.41. The predicted molar refractivity (Wildman–Crippen MR) is 82.6 cm³/mol. The van der Waals surface area contributed by atoms with Gasteiger partial charge in [-0.25, -0.2) is 9.69 Å². The molecular weight excluding hydrogens is 280 g/mol. The highest BCUT2D eigenvalue weighted by molar-refractivity contribution is 6.25. The Bertz CT molecular complexity index is 762. The number of rotatable bonds is 1.